The van der Waals surface area contributed by atoms with Crippen molar-refractivity contribution in [3.05, 3.63) is 40.6 Å². The van der Waals surface area contributed by atoms with E-state index < -0.39 is 0 Å². The molecule has 2 heterocycles. The Bertz CT molecular complexity index is 810. The van der Waals surface area contributed by atoms with E-state index in [1.807, 2.05) is 18.2 Å². The lowest BCUT2D eigenvalue weighted by atomic mass is 9.96. The summed E-state index contributed by atoms with van der Waals surface area (Å²) in [7, 11) is 0. The number of likely N-dealkylation sites (tertiary alicyclic amines) is 1. The van der Waals surface area contributed by atoms with Gasteiger partial charge < -0.3 is 14.2 Å². The van der Waals surface area contributed by atoms with Gasteiger partial charge >= 0.3 is 5.97 Å². The molecular weight excluding hydrogens is 356 g/mol. The Hall–Kier alpha value is -2.34. The Morgan fingerprint density at radius 2 is 2.00 bits per heavy atom. The summed E-state index contributed by atoms with van der Waals surface area (Å²) in [5.74, 6) is -0.0264. The minimum atomic E-state index is -0.183. The Morgan fingerprint density at radius 1 is 1.31 bits per heavy atom. The highest BCUT2D eigenvalue weighted by atomic mass is 35.5. The molecule has 0 unspecified atom stereocenters. The normalized spacial score (nSPS) is 15.1. The van der Waals surface area contributed by atoms with Crippen LogP contribution in [0.1, 0.15) is 35.9 Å². The molecule has 3 rings (SSSR count). The molecule has 0 radical (unpaired) electrons. The SMILES string of the molecule is CCOC(=O)C1CCN(C(=O)c2c(-c3ccccc3Cl)noc2C)CC1. The topological polar surface area (TPSA) is 72.6 Å². The van der Waals surface area contributed by atoms with Crippen molar-refractivity contribution in [2.45, 2.75) is 26.7 Å². The molecule has 26 heavy (non-hydrogen) atoms. The van der Waals surface area contributed by atoms with Gasteiger partial charge in [-0.05, 0) is 32.8 Å². The second-order valence-corrected chi connectivity index (χ2v) is 6.67. The molecule has 1 saturated heterocycles. The number of halogens is 1. The first-order chi connectivity index (χ1) is 12.5. The van der Waals surface area contributed by atoms with Crippen molar-refractivity contribution in [1.29, 1.82) is 0 Å². The van der Waals surface area contributed by atoms with Crippen molar-refractivity contribution >= 4 is 23.5 Å². The molecular formula is C19H21ClN2O4. The van der Waals surface area contributed by atoms with Gasteiger partial charge in [0.15, 0.2) is 0 Å². The summed E-state index contributed by atoms with van der Waals surface area (Å²) in [6, 6.07) is 7.22. The molecule has 0 aliphatic carbocycles. The Kier molecular flexibility index (Phi) is 5.61. The fourth-order valence-electron chi connectivity index (χ4n) is 3.20. The number of aromatic nitrogens is 1. The summed E-state index contributed by atoms with van der Waals surface area (Å²) in [4.78, 5) is 26.7. The van der Waals surface area contributed by atoms with Gasteiger partial charge in [0.2, 0.25) is 0 Å². The van der Waals surface area contributed by atoms with E-state index in [4.69, 9.17) is 20.9 Å². The van der Waals surface area contributed by atoms with Crippen LogP contribution in [0.15, 0.2) is 28.8 Å². The van der Waals surface area contributed by atoms with E-state index in [2.05, 4.69) is 5.16 Å². The third-order valence-corrected chi connectivity index (χ3v) is 4.94. The zero-order chi connectivity index (χ0) is 18.7. The standard InChI is InChI=1S/C19H21ClN2O4/c1-3-25-19(24)13-8-10-22(11-9-13)18(23)16-12(2)26-21-17(16)14-6-4-5-7-15(14)20/h4-7,13H,3,8-11H2,1-2H3. The molecule has 0 atom stereocenters. The van der Waals surface area contributed by atoms with E-state index in [1.165, 1.54) is 0 Å². The molecule has 2 aromatic rings. The molecule has 0 spiro atoms. The number of carbonyl (C=O) groups excluding carboxylic acids is 2. The fourth-order valence-corrected chi connectivity index (χ4v) is 3.42. The first-order valence-electron chi connectivity index (χ1n) is 8.70. The second kappa shape index (κ2) is 7.91. The average Bonchev–Trinajstić information content (AvgIpc) is 3.03. The number of esters is 1. The summed E-state index contributed by atoms with van der Waals surface area (Å²) < 4.78 is 10.4. The van der Waals surface area contributed by atoms with Gasteiger partial charge in [0.1, 0.15) is 17.0 Å². The molecule has 0 saturated carbocycles. The van der Waals surface area contributed by atoms with Gasteiger partial charge in [0.05, 0.1) is 17.5 Å². The molecule has 138 valence electrons. The molecule has 1 aromatic heterocycles. The predicted octanol–water partition coefficient (Wildman–Crippen LogP) is 3.72. The van der Waals surface area contributed by atoms with E-state index in [-0.39, 0.29) is 17.8 Å². The maximum absolute atomic E-state index is 13.1. The van der Waals surface area contributed by atoms with E-state index in [1.54, 1.807) is 24.8 Å². The highest BCUT2D eigenvalue weighted by Crippen LogP contribution is 2.32. The third kappa shape index (κ3) is 3.60. The lowest BCUT2D eigenvalue weighted by Gasteiger charge is -2.30. The summed E-state index contributed by atoms with van der Waals surface area (Å²) in [5.41, 5.74) is 1.54. The van der Waals surface area contributed by atoms with Crippen molar-refractivity contribution in [1.82, 2.24) is 10.1 Å². The molecule has 1 fully saturated rings. The van der Waals surface area contributed by atoms with Crippen molar-refractivity contribution in [3.8, 4) is 11.3 Å². The van der Waals surface area contributed by atoms with Gasteiger partial charge in [-0.3, -0.25) is 9.59 Å². The minimum Gasteiger partial charge on any atom is -0.466 e. The smallest absolute Gasteiger partial charge is 0.309 e. The van der Waals surface area contributed by atoms with Crippen LogP contribution >= 0.6 is 11.6 Å². The number of benzene rings is 1. The van der Waals surface area contributed by atoms with Crippen molar-refractivity contribution in [2.24, 2.45) is 5.92 Å². The zero-order valence-electron chi connectivity index (χ0n) is 14.8. The Balaban J connectivity index is 1.79. The van der Waals surface area contributed by atoms with Crippen molar-refractivity contribution < 1.29 is 18.8 Å². The van der Waals surface area contributed by atoms with E-state index in [9.17, 15) is 9.59 Å². The number of ether oxygens (including phenoxy) is 1. The van der Waals surface area contributed by atoms with Crippen LogP contribution in [0.25, 0.3) is 11.3 Å². The van der Waals surface area contributed by atoms with Gasteiger partial charge in [0, 0.05) is 18.7 Å². The summed E-state index contributed by atoms with van der Waals surface area (Å²) in [6.07, 6.45) is 1.19. The monoisotopic (exact) mass is 376 g/mol. The number of rotatable bonds is 4. The minimum absolute atomic E-state index is 0.148. The van der Waals surface area contributed by atoms with E-state index >= 15 is 0 Å². The van der Waals surface area contributed by atoms with Crippen LogP contribution in [-0.2, 0) is 9.53 Å². The molecule has 1 aliphatic heterocycles. The summed E-state index contributed by atoms with van der Waals surface area (Å²) in [6.45, 7) is 4.87. The molecule has 1 aromatic carbocycles. The average molecular weight is 377 g/mol. The first kappa shape index (κ1) is 18.5. The van der Waals surface area contributed by atoms with Crippen molar-refractivity contribution in [3.63, 3.8) is 0 Å². The van der Waals surface area contributed by atoms with Gasteiger partial charge in [-0.2, -0.15) is 0 Å². The number of hydrogen-bond acceptors (Lipinski definition) is 5. The van der Waals surface area contributed by atoms with Crippen LogP contribution in [0.3, 0.4) is 0 Å². The predicted molar refractivity (Wildman–Crippen MR) is 96.9 cm³/mol. The second-order valence-electron chi connectivity index (χ2n) is 6.26. The summed E-state index contributed by atoms with van der Waals surface area (Å²) in [5, 5.41) is 4.56. The molecule has 6 nitrogen and oxygen atoms in total. The molecule has 0 bridgehead atoms. The number of piperidine rings is 1. The molecule has 0 N–H and O–H groups in total. The van der Waals surface area contributed by atoms with Crippen LogP contribution in [0.5, 0.6) is 0 Å². The number of hydrogen-bond donors (Lipinski definition) is 0. The van der Waals surface area contributed by atoms with Gasteiger partial charge in [-0.1, -0.05) is 35.0 Å². The van der Waals surface area contributed by atoms with Crippen LogP contribution in [0, 0.1) is 12.8 Å². The van der Waals surface area contributed by atoms with Crippen LogP contribution in [0.4, 0.5) is 0 Å². The third-order valence-electron chi connectivity index (χ3n) is 4.61. The summed E-state index contributed by atoms with van der Waals surface area (Å²) >= 11 is 6.26. The van der Waals surface area contributed by atoms with Crippen molar-refractivity contribution in [2.75, 3.05) is 19.7 Å². The number of aryl methyl sites for hydroxylation is 1. The van der Waals surface area contributed by atoms with Gasteiger partial charge in [0.25, 0.3) is 5.91 Å². The fraction of sp³-hybridized carbons (Fsp3) is 0.421. The lowest BCUT2D eigenvalue weighted by Crippen LogP contribution is -2.41. The maximum Gasteiger partial charge on any atom is 0.309 e. The Morgan fingerprint density at radius 3 is 2.65 bits per heavy atom. The lowest BCUT2D eigenvalue weighted by molar-refractivity contribution is -0.149. The van der Waals surface area contributed by atoms with E-state index in [0.717, 1.165) is 0 Å². The number of carbonyl (C=O) groups is 2. The highest BCUT2D eigenvalue weighted by molar-refractivity contribution is 6.33. The van der Waals surface area contributed by atoms with Gasteiger partial charge in [-0.25, -0.2) is 0 Å². The number of nitrogens with zero attached hydrogens (tertiary/aromatic N) is 2. The maximum atomic E-state index is 13.1. The van der Waals surface area contributed by atoms with Crippen LogP contribution < -0.4 is 0 Å². The van der Waals surface area contributed by atoms with Crippen LogP contribution in [-0.4, -0.2) is 41.6 Å². The van der Waals surface area contributed by atoms with Gasteiger partial charge in [-0.15, -0.1) is 0 Å². The van der Waals surface area contributed by atoms with E-state index in [0.29, 0.717) is 60.1 Å². The first-order valence-corrected chi connectivity index (χ1v) is 9.07. The molecule has 7 heteroatoms. The Labute approximate surface area is 157 Å². The molecule has 1 amide bonds. The highest BCUT2D eigenvalue weighted by Gasteiger charge is 2.32. The largest absolute Gasteiger partial charge is 0.466 e. The number of amides is 1. The quantitative estimate of drug-likeness (QED) is 0.760. The molecule has 1 aliphatic rings. The van der Waals surface area contributed by atoms with Crippen LogP contribution in [0.2, 0.25) is 5.02 Å². The zero-order valence-corrected chi connectivity index (χ0v) is 15.6.